The minimum atomic E-state index is -0.453. The predicted octanol–water partition coefficient (Wildman–Crippen LogP) is 3.98. The Morgan fingerprint density at radius 3 is 2.26 bits per heavy atom. The second kappa shape index (κ2) is 10.4. The lowest BCUT2D eigenvalue weighted by atomic mass is 9.95. The van der Waals surface area contributed by atoms with E-state index in [1.54, 1.807) is 0 Å². The number of likely N-dealkylation sites (tertiary alicyclic amines) is 1. The first-order chi connectivity index (χ1) is 14.7. The Morgan fingerprint density at radius 1 is 0.968 bits per heavy atom. The Balaban J connectivity index is 1.38. The molecule has 1 aromatic carbocycles. The first kappa shape index (κ1) is 23.4. The molecule has 0 spiro atoms. The summed E-state index contributed by atoms with van der Waals surface area (Å²) < 4.78 is 11.0. The monoisotopic (exact) mass is 431 g/mol. The molecule has 0 bridgehead atoms. The Bertz CT molecular complexity index is 726. The molecule has 172 valence electrons. The van der Waals surface area contributed by atoms with Crippen LogP contribution in [-0.2, 0) is 16.1 Å². The molecule has 0 unspecified atom stereocenters. The van der Waals surface area contributed by atoms with Crippen molar-refractivity contribution in [2.45, 2.75) is 58.8 Å². The molecule has 2 fully saturated rings. The topological polar surface area (TPSA) is 62.3 Å². The van der Waals surface area contributed by atoms with Gasteiger partial charge in [-0.05, 0) is 52.0 Å². The van der Waals surface area contributed by atoms with E-state index in [-0.39, 0.29) is 12.2 Å². The van der Waals surface area contributed by atoms with Crippen LogP contribution in [-0.4, -0.2) is 77.8 Å². The third-order valence-electron chi connectivity index (χ3n) is 5.99. The average molecular weight is 432 g/mol. The first-order valence-corrected chi connectivity index (χ1v) is 11.4. The summed E-state index contributed by atoms with van der Waals surface area (Å²) in [6, 6.07) is 10.1. The number of hydrogen-bond acceptors (Lipinski definition) is 5. The molecule has 0 aliphatic carbocycles. The van der Waals surface area contributed by atoms with Gasteiger partial charge in [0.1, 0.15) is 12.2 Å². The summed E-state index contributed by atoms with van der Waals surface area (Å²) in [6.07, 6.45) is 1.54. The molecular formula is C24H37N3O4. The Kier molecular flexibility index (Phi) is 7.81. The number of amides is 2. The van der Waals surface area contributed by atoms with Crippen molar-refractivity contribution < 1.29 is 19.1 Å². The van der Waals surface area contributed by atoms with E-state index in [1.165, 1.54) is 0 Å². The highest BCUT2D eigenvalue weighted by Gasteiger charge is 2.31. The van der Waals surface area contributed by atoms with E-state index >= 15 is 0 Å². The highest BCUT2D eigenvalue weighted by atomic mass is 16.6. The number of benzene rings is 1. The van der Waals surface area contributed by atoms with Gasteiger partial charge in [-0.3, -0.25) is 4.90 Å². The van der Waals surface area contributed by atoms with Crippen LogP contribution in [0.5, 0.6) is 0 Å². The van der Waals surface area contributed by atoms with Gasteiger partial charge >= 0.3 is 12.2 Å². The standard InChI is InChI=1S/C24H37N3O4/c1-19-16-27(22(28)30-18-21-8-6-5-7-9-21)15-14-26(19)17-20-10-12-25(13-11-20)23(29)31-24(2,3)4/h5-9,19-20H,10-18H2,1-4H3/t19-/m1/s1. The van der Waals surface area contributed by atoms with Crippen molar-refractivity contribution in [3.8, 4) is 0 Å². The van der Waals surface area contributed by atoms with Gasteiger partial charge < -0.3 is 19.3 Å². The van der Waals surface area contributed by atoms with Gasteiger partial charge in [0.15, 0.2) is 0 Å². The molecule has 2 heterocycles. The lowest BCUT2D eigenvalue weighted by molar-refractivity contribution is 0.0131. The van der Waals surface area contributed by atoms with Crippen LogP contribution in [0.1, 0.15) is 46.1 Å². The number of nitrogens with zero attached hydrogens (tertiary/aromatic N) is 3. The fourth-order valence-corrected chi connectivity index (χ4v) is 4.20. The molecule has 0 aromatic heterocycles. The second-order valence-corrected chi connectivity index (χ2v) is 9.74. The minimum absolute atomic E-state index is 0.207. The zero-order chi connectivity index (χ0) is 22.4. The molecule has 7 heteroatoms. The molecule has 31 heavy (non-hydrogen) atoms. The van der Waals surface area contributed by atoms with E-state index in [4.69, 9.17) is 9.47 Å². The van der Waals surface area contributed by atoms with E-state index < -0.39 is 5.60 Å². The van der Waals surface area contributed by atoms with Gasteiger partial charge in [-0.15, -0.1) is 0 Å². The first-order valence-electron chi connectivity index (χ1n) is 11.4. The number of carbonyl (C=O) groups excluding carboxylic acids is 2. The van der Waals surface area contributed by atoms with E-state index in [9.17, 15) is 9.59 Å². The smallest absolute Gasteiger partial charge is 0.410 e. The average Bonchev–Trinajstić information content (AvgIpc) is 2.73. The van der Waals surface area contributed by atoms with E-state index in [0.717, 1.165) is 44.6 Å². The van der Waals surface area contributed by atoms with Crippen LogP contribution in [0.4, 0.5) is 9.59 Å². The van der Waals surface area contributed by atoms with E-state index in [2.05, 4.69) is 11.8 Å². The molecule has 2 aliphatic rings. The second-order valence-electron chi connectivity index (χ2n) is 9.74. The summed E-state index contributed by atoms with van der Waals surface area (Å²) in [4.78, 5) is 30.8. The molecule has 0 N–H and O–H groups in total. The Labute approximate surface area is 186 Å². The quantitative estimate of drug-likeness (QED) is 0.722. The van der Waals surface area contributed by atoms with Gasteiger partial charge in [0.2, 0.25) is 0 Å². The van der Waals surface area contributed by atoms with Crippen LogP contribution in [0.3, 0.4) is 0 Å². The third kappa shape index (κ3) is 7.13. The van der Waals surface area contributed by atoms with E-state index in [0.29, 0.717) is 31.7 Å². The maximum atomic E-state index is 12.4. The molecule has 2 saturated heterocycles. The highest BCUT2D eigenvalue weighted by molar-refractivity contribution is 5.68. The number of hydrogen-bond donors (Lipinski definition) is 0. The molecule has 3 rings (SSSR count). The molecule has 0 saturated carbocycles. The largest absolute Gasteiger partial charge is 0.445 e. The summed E-state index contributed by atoms with van der Waals surface area (Å²) in [6.45, 7) is 12.9. The molecule has 1 atom stereocenters. The van der Waals surface area contributed by atoms with Crippen molar-refractivity contribution in [2.24, 2.45) is 5.92 Å². The number of carbonyl (C=O) groups is 2. The van der Waals surface area contributed by atoms with E-state index in [1.807, 2.05) is 60.9 Å². The number of piperazine rings is 1. The Morgan fingerprint density at radius 2 is 1.65 bits per heavy atom. The van der Waals surface area contributed by atoms with Gasteiger partial charge in [0, 0.05) is 45.3 Å². The highest BCUT2D eigenvalue weighted by Crippen LogP contribution is 2.23. The summed E-state index contributed by atoms with van der Waals surface area (Å²) >= 11 is 0. The van der Waals surface area contributed by atoms with Gasteiger partial charge in [0.05, 0.1) is 0 Å². The zero-order valence-corrected chi connectivity index (χ0v) is 19.4. The summed E-state index contributed by atoms with van der Waals surface area (Å²) in [5.74, 6) is 0.567. The van der Waals surface area contributed by atoms with Gasteiger partial charge in [-0.25, -0.2) is 9.59 Å². The SMILES string of the molecule is C[C@@H]1CN(C(=O)OCc2ccccc2)CCN1CC1CCN(C(=O)OC(C)(C)C)CC1. The number of piperidine rings is 1. The van der Waals surface area contributed by atoms with Crippen molar-refractivity contribution in [3.63, 3.8) is 0 Å². The van der Waals surface area contributed by atoms with Crippen molar-refractivity contribution in [2.75, 3.05) is 39.3 Å². The fraction of sp³-hybridized carbons (Fsp3) is 0.667. The lowest BCUT2D eigenvalue weighted by Crippen LogP contribution is -2.55. The number of rotatable bonds is 4. The van der Waals surface area contributed by atoms with Crippen LogP contribution in [0.2, 0.25) is 0 Å². The minimum Gasteiger partial charge on any atom is -0.445 e. The maximum absolute atomic E-state index is 12.4. The normalized spacial score (nSPS) is 21.1. The molecule has 7 nitrogen and oxygen atoms in total. The van der Waals surface area contributed by atoms with Crippen molar-refractivity contribution in [3.05, 3.63) is 35.9 Å². The summed E-state index contributed by atoms with van der Waals surface area (Å²) in [5, 5.41) is 0. The van der Waals surface area contributed by atoms with Crippen molar-refractivity contribution in [1.82, 2.24) is 14.7 Å². The molecule has 2 amide bonds. The van der Waals surface area contributed by atoms with Crippen molar-refractivity contribution >= 4 is 12.2 Å². The Hall–Kier alpha value is -2.28. The van der Waals surface area contributed by atoms with Crippen LogP contribution in [0.25, 0.3) is 0 Å². The van der Waals surface area contributed by atoms with Gasteiger partial charge in [-0.1, -0.05) is 30.3 Å². The van der Waals surface area contributed by atoms with Crippen LogP contribution in [0.15, 0.2) is 30.3 Å². The van der Waals surface area contributed by atoms with Gasteiger partial charge in [-0.2, -0.15) is 0 Å². The molecule has 1 aromatic rings. The number of ether oxygens (including phenoxy) is 2. The van der Waals surface area contributed by atoms with Crippen molar-refractivity contribution in [1.29, 1.82) is 0 Å². The fourth-order valence-electron chi connectivity index (χ4n) is 4.20. The van der Waals surface area contributed by atoms with Gasteiger partial charge in [0.25, 0.3) is 0 Å². The lowest BCUT2D eigenvalue weighted by Gasteiger charge is -2.42. The summed E-state index contributed by atoms with van der Waals surface area (Å²) in [5.41, 5.74) is 0.547. The van der Waals surface area contributed by atoms with Crippen LogP contribution < -0.4 is 0 Å². The molecule has 0 radical (unpaired) electrons. The third-order valence-corrected chi connectivity index (χ3v) is 5.99. The van der Waals surface area contributed by atoms with Crippen LogP contribution in [0, 0.1) is 5.92 Å². The summed E-state index contributed by atoms with van der Waals surface area (Å²) in [7, 11) is 0. The predicted molar refractivity (Wildman–Crippen MR) is 120 cm³/mol. The molecule has 2 aliphatic heterocycles. The molecular weight excluding hydrogens is 394 g/mol. The zero-order valence-electron chi connectivity index (χ0n) is 19.4. The maximum Gasteiger partial charge on any atom is 0.410 e. The van der Waals surface area contributed by atoms with Crippen LogP contribution >= 0.6 is 0 Å².